The summed E-state index contributed by atoms with van der Waals surface area (Å²) in [6.07, 6.45) is 14.5. The lowest BCUT2D eigenvalue weighted by Crippen LogP contribution is -2.78. The van der Waals surface area contributed by atoms with Crippen molar-refractivity contribution in [2.24, 2.45) is 5.92 Å². The Bertz CT molecular complexity index is 676. The topological polar surface area (TPSA) is 45.7 Å². The van der Waals surface area contributed by atoms with Crippen molar-refractivity contribution in [2.45, 2.75) is 82.0 Å². The van der Waals surface area contributed by atoms with Gasteiger partial charge in [0.15, 0.2) is 6.10 Å². The van der Waals surface area contributed by atoms with Gasteiger partial charge in [-0.3, -0.25) is 14.7 Å². The van der Waals surface area contributed by atoms with Crippen molar-refractivity contribution >= 4 is 5.91 Å². The van der Waals surface area contributed by atoms with Crippen LogP contribution in [0.2, 0.25) is 0 Å². The molecule has 0 N–H and O–H groups in total. The summed E-state index contributed by atoms with van der Waals surface area (Å²) in [5.41, 5.74) is 1.29. The summed E-state index contributed by atoms with van der Waals surface area (Å²) in [5, 5.41) is 0. The second-order valence-electron chi connectivity index (χ2n) is 9.40. The summed E-state index contributed by atoms with van der Waals surface area (Å²) in [6, 6.07) is 4.56. The normalized spacial score (nSPS) is 28.5. The van der Waals surface area contributed by atoms with Crippen molar-refractivity contribution in [2.75, 3.05) is 19.7 Å². The first-order chi connectivity index (χ1) is 13.8. The first-order valence-electron chi connectivity index (χ1n) is 11.3. The van der Waals surface area contributed by atoms with Crippen molar-refractivity contribution in [3.63, 3.8) is 0 Å². The molecular weight excluding hydrogens is 350 g/mol. The van der Waals surface area contributed by atoms with Gasteiger partial charge in [-0.15, -0.1) is 0 Å². The molecule has 1 aromatic heterocycles. The van der Waals surface area contributed by atoms with Crippen molar-refractivity contribution in [3.8, 4) is 0 Å². The van der Waals surface area contributed by atoms with Gasteiger partial charge >= 0.3 is 0 Å². The predicted molar refractivity (Wildman–Crippen MR) is 108 cm³/mol. The number of nitrogens with zero attached hydrogens (tertiary/aromatic N) is 3. The van der Waals surface area contributed by atoms with Gasteiger partial charge in [-0.1, -0.05) is 25.3 Å². The Labute approximate surface area is 168 Å². The minimum atomic E-state index is -0.151. The lowest BCUT2D eigenvalue weighted by Gasteiger charge is -2.62. The van der Waals surface area contributed by atoms with Crippen LogP contribution in [0.3, 0.4) is 0 Å². The first kappa shape index (κ1) is 18.6. The third-order valence-electron chi connectivity index (χ3n) is 7.40. The van der Waals surface area contributed by atoms with E-state index < -0.39 is 0 Å². The zero-order chi connectivity index (χ0) is 19.0. The van der Waals surface area contributed by atoms with Gasteiger partial charge in [0.05, 0.1) is 12.1 Å². The van der Waals surface area contributed by atoms with Gasteiger partial charge in [0, 0.05) is 38.1 Å². The molecular formula is C23H33N3O2. The van der Waals surface area contributed by atoms with Crippen LogP contribution < -0.4 is 0 Å². The zero-order valence-corrected chi connectivity index (χ0v) is 16.9. The Morgan fingerprint density at radius 2 is 1.89 bits per heavy atom. The Morgan fingerprint density at radius 3 is 2.57 bits per heavy atom. The highest BCUT2D eigenvalue weighted by Crippen LogP contribution is 2.48. The van der Waals surface area contributed by atoms with E-state index in [1.807, 2.05) is 18.5 Å². The maximum absolute atomic E-state index is 13.1. The average Bonchev–Trinajstić information content (AvgIpc) is 3.56. The van der Waals surface area contributed by atoms with Crippen LogP contribution in [-0.2, 0) is 16.1 Å². The zero-order valence-electron chi connectivity index (χ0n) is 16.9. The smallest absolute Gasteiger partial charge is 0.254 e. The number of amides is 1. The largest absolute Gasteiger partial charge is 0.366 e. The van der Waals surface area contributed by atoms with Crippen molar-refractivity contribution in [3.05, 3.63) is 30.1 Å². The third kappa shape index (κ3) is 3.48. The van der Waals surface area contributed by atoms with Crippen LogP contribution in [0.25, 0.3) is 0 Å². The molecule has 1 spiro atoms. The maximum atomic E-state index is 13.1. The monoisotopic (exact) mass is 383 g/mol. The summed E-state index contributed by atoms with van der Waals surface area (Å²) < 4.78 is 6.22. The van der Waals surface area contributed by atoms with E-state index in [0.717, 1.165) is 57.8 Å². The molecule has 2 saturated heterocycles. The lowest BCUT2D eigenvalue weighted by molar-refractivity contribution is -0.211. The average molecular weight is 384 g/mol. The number of hydrogen-bond donors (Lipinski definition) is 0. The molecule has 5 rings (SSSR count). The van der Waals surface area contributed by atoms with Crippen LogP contribution in [-0.4, -0.2) is 58.1 Å². The minimum Gasteiger partial charge on any atom is -0.366 e. The van der Waals surface area contributed by atoms with E-state index in [2.05, 4.69) is 20.9 Å². The summed E-state index contributed by atoms with van der Waals surface area (Å²) in [7, 11) is 0. The molecule has 0 radical (unpaired) electrons. The van der Waals surface area contributed by atoms with Gasteiger partial charge in [0.1, 0.15) is 0 Å². The van der Waals surface area contributed by atoms with Crippen molar-refractivity contribution < 1.29 is 9.53 Å². The number of carbonyl (C=O) groups is 1. The highest BCUT2D eigenvalue weighted by Gasteiger charge is 2.62. The van der Waals surface area contributed by atoms with E-state index in [0.29, 0.717) is 6.04 Å². The van der Waals surface area contributed by atoms with E-state index in [1.165, 1.54) is 37.7 Å². The Morgan fingerprint density at radius 1 is 1.11 bits per heavy atom. The van der Waals surface area contributed by atoms with Gasteiger partial charge in [-0.05, 0) is 56.1 Å². The second-order valence-corrected chi connectivity index (χ2v) is 9.40. The first-order valence-corrected chi connectivity index (χ1v) is 11.3. The molecule has 1 aromatic rings. The van der Waals surface area contributed by atoms with E-state index in [-0.39, 0.29) is 17.6 Å². The number of carbonyl (C=O) groups excluding carboxylic acids is 1. The van der Waals surface area contributed by atoms with Crippen LogP contribution >= 0.6 is 0 Å². The number of β-lactam (4-membered cyclic amide) rings is 1. The summed E-state index contributed by atoms with van der Waals surface area (Å²) in [4.78, 5) is 22.2. The van der Waals surface area contributed by atoms with Crippen LogP contribution in [0.4, 0.5) is 0 Å². The molecule has 4 fully saturated rings. The molecule has 1 atom stereocenters. The quantitative estimate of drug-likeness (QED) is 0.707. The Balaban J connectivity index is 1.22. The number of likely N-dealkylation sites (tertiary alicyclic amines) is 2. The molecule has 2 aliphatic carbocycles. The van der Waals surface area contributed by atoms with E-state index in [4.69, 9.17) is 4.74 Å². The van der Waals surface area contributed by atoms with Crippen LogP contribution in [0, 0.1) is 5.92 Å². The molecule has 5 heteroatoms. The van der Waals surface area contributed by atoms with E-state index in [9.17, 15) is 4.79 Å². The fraction of sp³-hybridized carbons (Fsp3) is 0.739. The Kier molecular flexibility index (Phi) is 5.14. The van der Waals surface area contributed by atoms with Crippen molar-refractivity contribution in [1.29, 1.82) is 0 Å². The van der Waals surface area contributed by atoms with Crippen molar-refractivity contribution in [1.82, 2.24) is 14.8 Å². The SMILES string of the molecule is O=C1C(OCC2CC2)C2(CCCCC2)N1C1CCN(Cc2cccnc2)CC1. The second kappa shape index (κ2) is 7.75. The molecule has 0 aromatic carbocycles. The lowest BCUT2D eigenvalue weighted by atomic mass is 9.68. The highest BCUT2D eigenvalue weighted by molar-refractivity contribution is 5.90. The molecule has 28 heavy (non-hydrogen) atoms. The molecule has 5 nitrogen and oxygen atoms in total. The van der Waals surface area contributed by atoms with Gasteiger partial charge < -0.3 is 9.64 Å². The minimum absolute atomic E-state index is 0.0143. The molecule has 152 valence electrons. The number of rotatable bonds is 6. The molecule has 4 aliphatic rings. The number of hydrogen-bond acceptors (Lipinski definition) is 4. The van der Waals surface area contributed by atoms with Gasteiger partial charge in [-0.2, -0.15) is 0 Å². The van der Waals surface area contributed by atoms with Gasteiger partial charge in [-0.25, -0.2) is 0 Å². The van der Waals surface area contributed by atoms with Crippen LogP contribution in [0.15, 0.2) is 24.5 Å². The number of pyridine rings is 1. The van der Waals surface area contributed by atoms with E-state index >= 15 is 0 Å². The molecule has 1 amide bonds. The molecule has 2 aliphatic heterocycles. The Hall–Kier alpha value is -1.46. The number of piperidine rings is 1. The van der Waals surface area contributed by atoms with Crippen LogP contribution in [0.1, 0.15) is 63.4 Å². The fourth-order valence-electron chi connectivity index (χ4n) is 5.68. The predicted octanol–water partition coefficient (Wildman–Crippen LogP) is 3.39. The summed E-state index contributed by atoms with van der Waals surface area (Å²) >= 11 is 0. The highest BCUT2D eigenvalue weighted by atomic mass is 16.5. The number of aromatic nitrogens is 1. The molecule has 0 bridgehead atoms. The van der Waals surface area contributed by atoms with E-state index in [1.54, 1.807) is 0 Å². The third-order valence-corrected chi connectivity index (χ3v) is 7.40. The van der Waals surface area contributed by atoms with Gasteiger partial charge in [0.2, 0.25) is 0 Å². The standard InChI is InChI=1S/C23H33N3O2/c27-22-21(28-17-18-6-7-18)23(10-2-1-3-11-23)26(22)20-8-13-25(14-9-20)16-19-5-4-12-24-15-19/h4-5,12,15,18,20-21H,1-3,6-11,13-14,16-17H2. The molecule has 1 unspecified atom stereocenters. The molecule has 2 saturated carbocycles. The number of ether oxygens (including phenoxy) is 1. The summed E-state index contributed by atoms with van der Waals surface area (Å²) in [6.45, 7) is 3.89. The fourth-order valence-corrected chi connectivity index (χ4v) is 5.68. The summed E-state index contributed by atoms with van der Waals surface area (Å²) in [5.74, 6) is 1.01. The maximum Gasteiger partial charge on any atom is 0.254 e. The molecule has 3 heterocycles. The van der Waals surface area contributed by atoms with Crippen LogP contribution in [0.5, 0.6) is 0 Å². The van der Waals surface area contributed by atoms with Gasteiger partial charge in [0.25, 0.3) is 5.91 Å².